The number of thiophene rings is 1. The third kappa shape index (κ3) is 5.88. The van der Waals surface area contributed by atoms with E-state index < -0.39 is 18.0 Å². The van der Waals surface area contributed by atoms with Gasteiger partial charge in [-0.2, -0.15) is 15.4 Å². The third-order valence-electron chi connectivity index (χ3n) is 9.00. The topological polar surface area (TPSA) is 137 Å². The van der Waals surface area contributed by atoms with Crippen molar-refractivity contribution in [3.63, 3.8) is 0 Å². The molecule has 0 radical (unpaired) electrons. The molecule has 0 saturated heterocycles. The van der Waals surface area contributed by atoms with E-state index in [0.717, 1.165) is 38.9 Å². The number of ketones is 1. The van der Waals surface area contributed by atoms with Gasteiger partial charge in [-0.25, -0.2) is 0 Å². The van der Waals surface area contributed by atoms with Gasteiger partial charge in [0, 0.05) is 29.9 Å². The molecule has 6 rings (SSSR count). The van der Waals surface area contributed by atoms with Gasteiger partial charge in [0.05, 0.1) is 18.4 Å². The molecule has 0 fully saturated rings. The first-order valence-electron chi connectivity index (χ1n) is 15.2. The van der Waals surface area contributed by atoms with Crippen molar-refractivity contribution in [2.75, 3.05) is 4.90 Å². The van der Waals surface area contributed by atoms with Crippen LogP contribution in [-0.4, -0.2) is 51.0 Å². The zero-order valence-corrected chi connectivity index (χ0v) is 25.7. The van der Waals surface area contributed by atoms with Crippen LogP contribution >= 0.6 is 11.3 Å². The predicted octanol–water partition coefficient (Wildman–Crippen LogP) is 3.89. The minimum absolute atomic E-state index is 0.00151. The van der Waals surface area contributed by atoms with Crippen molar-refractivity contribution in [3.05, 3.63) is 76.4 Å². The van der Waals surface area contributed by atoms with Crippen LogP contribution in [0.25, 0.3) is 10.1 Å². The van der Waals surface area contributed by atoms with E-state index in [-0.39, 0.29) is 48.8 Å². The molecule has 4 heterocycles. The third-order valence-corrected chi connectivity index (χ3v) is 10.0. The van der Waals surface area contributed by atoms with Crippen molar-refractivity contribution in [3.8, 4) is 0 Å². The van der Waals surface area contributed by atoms with E-state index >= 15 is 0 Å². The first-order valence-corrected chi connectivity index (χ1v) is 16.0. The van der Waals surface area contributed by atoms with Gasteiger partial charge in [-0.15, -0.1) is 11.3 Å². The minimum atomic E-state index is -0.811. The molecule has 0 spiro atoms. The number of anilines is 1. The number of hydrogen-bond acceptors (Lipinski definition) is 7. The fraction of sp³-hybridized carbons (Fsp3) is 0.394. The van der Waals surface area contributed by atoms with Gasteiger partial charge in [0.2, 0.25) is 17.7 Å². The zero-order valence-electron chi connectivity index (χ0n) is 24.8. The highest BCUT2D eigenvalue weighted by Crippen LogP contribution is 2.39. The number of carbonyl (C=O) groups excluding carboxylic acids is 4. The maximum Gasteiger partial charge on any atom is 0.250 e. The number of amides is 3. The number of aromatic nitrogens is 3. The Morgan fingerprint density at radius 3 is 2.75 bits per heavy atom. The van der Waals surface area contributed by atoms with Crippen LogP contribution in [0.5, 0.6) is 0 Å². The summed E-state index contributed by atoms with van der Waals surface area (Å²) in [5, 5.41) is 19.3. The maximum atomic E-state index is 14.1. The Morgan fingerprint density at radius 2 is 1.95 bits per heavy atom. The zero-order chi connectivity index (χ0) is 30.8. The smallest absolute Gasteiger partial charge is 0.250 e. The van der Waals surface area contributed by atoms with Gasteiger partial charge >= 0.3 is 0 Å². The summed E-state index contributed by atoms with van der Waals surface area (Å²) in [6.45, 7) is 4.16. The number of nitrogens with zero attached hydrogens (tertiary/aromatic N) is 3. The second-order valence-electron chi connectivity index (χ2n) is 11.8. The van der Waals surface area contributed by atoms with E-state index in [0.29, 0.717) is 25.0 Å². The molecule has 2 aromatic heterocycles. The number of carbonyl (C=O) groups is 4. The quantitative estimate of drug-likeness (QED) is 0.235. The van der Waals surface area contributed by atoms with E-state index in [4.69, 9.17) is 0 Å². The first kappa shape index (κ1) is 29.7. The Morgan fingerprint density at radius 1 is 1.14 bits per heavy atom. The number of benzene rings is 2. The standard InChI is InChI=1S/C33H36N6O4S/c1-3-19(2)26(15-24(40)13-22-18-44-29-10-5-4-9-25(22)29)31(41)36-27-12-11-20-7-6-8-21-14-28(39(30(20)21)33(27)43)32(42)34-16-23-17-35-38-37-23/h4-10,17-19,26-28H,3,11-16H2,1-2H3,(H,34,42)(H,36,41)(H,35,37,38)/t19-,26-,27?,28-/m0/s1. The molecule has 4 aromatic rings. The average Bonchev–Trinajstić information content (AvgIpc) is 3.77. The molecule has 2 aromatic carbocycles. The van der Waals surface area contributed by atoms with Crippen LogP contribution in [0, 0.1) is 11.8 Å². The highest BCUT2D eigenvalue weighted by Gasteiger charge is 2.44. The molecule has 0 aliphatic carbocycles. The van der Waals surface area contributed by atoms with E-state index in [9.17, 15) is 19.2 Å². The molecule has 4 atom stereocenters. The Kier molecular flexibility index (Phi) is 8.56. The number of aromatic amines is 1. The lowest BCUT2D eigenvalue weighted by Crippen LogP contribution is -2.55. The number of fused-ring (bicyclic) bond motifs is 1. The Labute approximate surface area is 259 Å². The van der Waals surface area contributed by atoms with Crippen molar-refractivity contribution >= 4 is 50.6 Å². The van der Waals surface area contributed by atoms with Gasteiger partial charge in [-0.1, -0.05) is 56.7 Å². The maximum absolute atomic E-state index is 14.1. The summed E-state index contributed by atoms with van der Waals surface area (Å²) < 4.78 is 1.13. The number of hydrogen-bond donors (Lipinski definition) is 3. The van der Waals surface area contributed by atoms with Gasteiger partial charge in [0.1, 0.15) is 23.6 Å². The van der Waals surface area contributed by atoms with Crippen molar-refractivity contribution in [2.45, 2.75) is 71.0 Å². The molecule has 3 N–H and O–H groups in total. The van der Waals surface area contributed by atoms with Gasteiger partial charge in [-0.3, -0.25) is 24.1 Å². The monoisotopic (exact) mass is 612 g/mol. The summed E-state index contributed by atoms with van der Waals surface area (Å²) in [6, 6.07) is 12.3. The van der Waals surface area contributed by atoms with Crippen LogP contribution in [0.3, 0.4) is 0 Å². The molecule has 1 unspecified atom stereocenters. The number of Topliss-reactive ketones (excluding diaryl/α,β-unsaturated/α-hetero) is 1. The second kappa shape index (κ2) is 12.7. The van der Waals surface area contributed by atoms with Gasteiger partial charge in [0.25, 0.3) is 0 Å². The average molecular weight is 613 g/mol. The van der Waals surface area contributed by atoms with Crippen LogP contribution in [0.2, 0.25) is 0 Å². The first-order chi connectivity index (χ1) is 21.3. The highest BCUT2D eigenvalue weighted by atomic mass is 32.1. The van der Waals surface area contributed by atoms with E-state index in [1.807, 2.05) is 61.7 Å². The molecule has 44 heavy (non-hydrogen) atoms. The van der Waals surface area contributed by atoms with Gasteiger partial charge < -0.3 is 10.6 Å². The number of aryl methyl sites for hydroxylation is 1. The molecular weight excluding hydrogens is 576 g/mol. The molecule has 3 amide bonds. The summed E-state index contributed by atoms with van der Waals surface area (Å²) in [5.74, 6) is -1.50. The number of rotatable bonds is 11. The van der Waals surface area contributed by atoms with E-state index in [1.165, 1.54) is 6.20 Å². The largest absolute Gasteiger partial charge is 0.348 e. The van der Waals surface area contributed by atoms with Crippen LogP contribution in [-0.2, 0) is 45.0 Å². The lowest BCUT2D eigenvalue weighted by molar-refractivity contribution is -0.134. The van der Waals surface area contributed by atoms with E-state index in [1.54, 1.807) is 16.2 Å². The number of para-hydroxylation sites is 1. The number of H-pyrrole nitrogens is 1. The van der Waals surface area contributed by atoms with Crippen molar-refractivity contribution in [1.82, 2.24) is 26.0 Å². The van der Waals surface area contributed by atoms with Crippen LogP contribution in [0.15, 0.2) is 54.0 Å². The Hall–Kier alpha value is -4.38. The van der Waals surface area contributed by atoms with E-state index in [2.05, 4.69) is 26.0 Å². The second-order valence-corrected chi connectivity index (χ2v) is 12.7. The molecule has 2 aliphatic heterocycles. The van der Waals surface area contributed by atoms with Gasteiger partial charge in [-0.05, 0) is 52.3 Å². The molecule has 2 aliphatic rings. The lowest BCUT2D eigenvalue weighted by atomic mass is 9.85. The SMILES string of the molecule is CC[C@H](C)[C@H](CC(=O)Cc1csc2ccccc12)C(=O)NC1CCc2cccc3c2N(C1=O)[C@H](C(=O)NCc1cn[nH]n1)C3. The van der Waals surface area contributed by atoms with Crippen molar-refractivity contribution in [2.24, 2.45) is 11.8 Å². The molecular formula is C33H36N6O4S. The van der Waals surface area contributed by atoms with Crippen molar-refractivity contribution in [1.29, 1.82) is 0 Å². The summed E-state index contributed by atoms with van der Waals surface area (Å²) in [5.41, 5.74) is 4.25. The molecule has 11 heteroatoms. The predicted molar refractivity (Wildman–Crippen MR) is 168 cm³/mol. The van der Waals surface area contributed by atoms with Crippen LogP contribution in [0.1, 0.15) is 55.5 Å². The minimum Gasteiger partial charge on any atom is -0.348 e. The van der Waals surface area contributed by atoms with Gasteiger partial charge in [0.15, 0.2) is 0 Å². The van der Waals surface area contributed by atoms with Crippen LogP contribution < -0.4 is 15.5 Å². The number of nitrogens with one attached hydrogen (secondary N) is 3. The lowest BCUT2D eigenvalue weighted by Gasteiger charge is -2.29. The fourth-order valence-electron chi connectivity index (χ4n) is 6.40. The highest BCUT2D eigenvalue weighted by molar-refractivity contribution is 7.17. The normalized spacial score (nSPS) is 18.9. The Balaban J connectivity index is 1.18. The molecule has 0 saturated carbocycles. The van der Waals surface area contributed by atoms with Crippen molar-refractivity contribution < 1.29 is 19.2 Å². The molecule has 0 bridgehead atoms. The summed E-state index contributed by atoms with van der Waals surface area (Å²) in [4.78, 5) is 56.2. The summed E-state index contributed by atoms with van der Waals surface area (Å²) >= 11 is 1.61. The summed E-state index contributed by atoms with van der Waals surface area (Å²) in [7, 11) is 0. The molecule has 10 nitrogen and oxygen atoms in total. The van der Waals surface area contributed by atoms with Crippen LogP contribution in [0.4, 0.5) is 5.69 Å². The summed E-state index contributed by atoms with van der Waals surface area (Å²) in [6.07, 6.45) is 4.01. The Bertz CT molecular complexity index is 1700. The fourth-order valence-corrected chi connectivity index (χ4v) is 7.36. The molecule has 228 valence electrons.